The lowest BCUT2D eigenvalue weighted by molar-refractivity contribution is -0.123. The first kappa shape index (κ1) is 18.4. The number of rotatable bonds is 3. The molecule has 2 fully saturated rings. The van der Waals surface area contributed by atoms with Gasteiger partial charge in [0.1, 0.15) is 0 Å². The van der Waals surface area contributed by atoms with Gasteiger partial charge >= 0.3 is 0 Å². The molecule has 2 aromatic carbocycles. The highest BCUT2D eigenvalue weighted by Gasteiger charge is 2.48. The molecular formula is C22H28ClNO. The van der Waals surface area contributed by atoms with Crippen LogP contribution in [0.3, 0.4) is 0 Å². The van der Waals surface area contributed by atoms with Crippen molar-refractivity contribution < 1.29 is 5.11 Å². The van der Waals surface area contributed by atoms with Crippen molar-refractivity contribution in [3.63, 3.8) is 0 Å². The minimum atomic E-state index is -0.653. The van der Waals surface area contributed by atoms with Gasteiger partial charge in [-0.2, -0.15) is 0 Å². The number of likely N-dealkylation sites (tertiary alicyclic amines) is 1. The Morgan fingerprint density at radius 1 is 0.920 bits per heavy atom. The van der Waals surface area contributed by atoms with Gasteiger partial charge in [0.2, 0.25) is 0 Å². The molecule has 3 unspecified atom stereocenters. The molecule has 3 atom stereocenters. The van der Waals surface area contributed by atoms with E-state index in [2.05, 4.69) is 59.5 Å². The number of nitrogens with zero attached hydrogens (tertiary/aromatic N) is 1. The summed E-state index contributed by atoms with van der Waals surface area (Å²) in [5, 5.41) is 11.6. The second kappa shape index (κ2) is 7.90. The quantitative estimate of drug-likeness (QED) is 0.856. The highest BCUT2D eigenvalue weighted by Crippen LogP contribution is 2.47. The normalized spacial score (nSPS) is 29.5. The van der Waals surface area contributed by atoms with Crippen LogP contribution in [0.2, 0.25) is 0 Å². The summed E-state index contributed by atoms with van der Waals surface area (Å²) in [5.41, 5.74) is 1.84. The lowest BCUT2D eigenvalue weighted by Crippen LogP contribution is -2.57. The third kappa shape index (κ3) is 3.62. The van der Waals surface area contributed by atoms with E-state index in [9.17, 15) is 5.11 Å². The van der Waals surface area contributed by atoms with Gasteiger partial charge in [0.15, 0.2) is 0 Å². The van der Waals surface area contributed by atoms with Crippen LogP contribution >= 0.6 is 12.4 Å². The fourth-order valence-corrected chi connectivity index (χ4v) is 4.87. The highest BCUT2D eigenvalue weighted by molar-refractivity contribution is 5.85. The van der Waals surface area contributed by atoms with Crippen LogP contribution in [0.4, 0.5) is 0 Å². The molecule has 1 aliphatic heterocycles. The lowest BCUT2D eigenvalue weighted by Gasteiger charge is -2.52. The molecule has 0 aromatic heterocycles. The lowest BCUT2D eigenvalue weighted by atomic mass is 9.66. The van der Waals surface area contributed by atoms with Gasteiger partial charge in [-0.15, -0.1) is 12.4 Å². The third-order valence-electron chi connectivity index (χ3n) is 6.09. The Bertz CT molecular complexity index is 662. The SMILES string of the molecule is Cl.OC1(c2ccccc2)CCN(Cc2ccccc2)C2CCCCC21. The van der Waals surface area contributed by atoms with E-state index in [1.54, 1.807) is 0 Å². The van der Waals surface area contributed by atoms with E-state index in [0.717, 1.165) is 31.5 Å². The Kier molecular flexibility index (Phi) is 5.83. The second-order valence-corrected chi connectivity index (χ2v) is 7.45. The molecule has 1 aliphatic carbocycles. The molecule has 4 rings (SSSR count). The Morgan fingerprint density at radius 2 is 1.56 bits per heavy atom. The maximum absolute atomic E-state index is 11.6. The van der Waals surface area contributed by atoms with Crippen LogP contribution in [0.5, 0.6) is 0 Å². The zero-order valence-corrected chi connectivity index (χ0v) is 15.5. The summed E-state index contributed by atoms with van der Waals surface area (Å²) in [7, 11) is 0. The molecule has 1 saturated heterocycles. The number of halogens is 1. The van der Waals surface area contributed by atoms with Gasteiger partial charge in [-0.1, -0.05) is 73.5 Å². The molecule has 0 radical (unpaired) electrons. The van der Waals surface area contributed by atoms with E-state index in [4.69, 9.17) is 0 Å². The molecular weight excluding hydrogens is 330 g/mol. The summed E-state index contributed by atoms with van der Waals surface area (Å²) >= 11 is 0. The van der Waals surface area contributed by atoms with Gasteiger partial charge in [-0.3, -0.25) is 4.90 Å². The second-order valence-electron chi connectivity index (χ2n) is 7.45. The third-order valence-corrected chi connectivity index (χ3v) is 6.09. The van der Waals surface area contributed by atoms with Crippen LogP contribution in [-0.2, 0) is 12.1 Å². The van der Waals surface area contributed by atoms with Crippen LogP contribution in [0, 0.1) is 5.92 Å². The molecule has 2 aromatic rings. The average molecular weight is 358 g/mol. The molecule has 1 saturated carbocycles. The van der Waals surface area contributed by atoms with E-state index in [1.807, 2.05) is 6.07 Å². The first-order valence-corrected chi connectivity index (χ1v) is 9.33. The van der Waals surface area contributed by atoms with Crippen molar-refractivity contribution in [2.75, 3.05) is 6.54 Å². The van der Waals surface area contributed by atoms with Crippen molar-refractivity contribution in [1.29, 1.82) is 0 Å². The summed E-state index contributed by atoms with van der Waals surface area (Å²) in [5.74, 6) is 0.353. The minimum Gasteiger partial charge on any atom is -0.385 e. The zero-order chi connectivity index (χ0) is 16.4. The molecule has 2 nitrogen and oxygen atoms in total. The minimum absolute atomic E-state index is 0. The number of hydrogen-bond acceptors (Lipinski definition) is 2. The van der Waals surface area contributed by atoms with Gasteiger partial charge in [0.05, 0.1) is 5.60 Å². The molecule has 0 bridgehead atoms. The molecule has 3 heteroatoms. The van der Waals surface area contributed by atoms with E-state index in [1.165, 1.54) is 24.8 Å². The average Bonchev–Trinajstić information content (AvgIpc) is 2.66. The van der Waals surface area contributed by atoms with E-state index < -0.39 is 5.60 Å². The fourth-order valence-electron chi connectivity index (χ4n) is 4.87. The molecule has 1 heterocycles. The van der Waals surface area contributed by atoms with Gasteiger partial charge in [-0.25, -0.2) is 0 Å². The Morgan fingerprint density at radius 3 is 2.28 bits per heavy atom. The van der Waals surface area contributed by atoms with Gasteiger partial charge in [0, 0.05) is 25.0 Å². The van der Waals surface area contributed by atoms with E-state index in [-0.39, 0.29) is 12.4 Å². The Labute approximate surface area is 157 Å². The monoisotopic (exact) mass is 357 g/mol. The maximum atomic E-state index is 11.6. The van der Waals surface area contributed by atoms with Crippen LogP contribution in [-0.4, -0.2) is 22.6 Å². The Balaban J connectivity index is 0.00000182. The highest BCUT2D eigenvalue weighted by atomic mass is 35.5. The van der Waals surface area contributed by atoms with Crippen LogP contribution in [0.15, 0.2) is 60.7 Å². The summed E-state index contributed by atoms with van der Waals surface area (Å²) in [6, 6.07) is 21.6. The van der Waals surface area contributed by atoms with E-state index >= 15 is 0 Å². The maximum Gasteiger partial charge on any atom is 0.0951 e. The van der Waals surface area contributed by atoms with Crippen LogP contribution < -0.4 is 0 Å². The van der Waals surface area contributed by atoms with Crippen molar-refractivity contribution in [3.05, 3.63) is 71.8 Å². The van der Waals surface area contributed by atoms with Crippen LogP contribution in [0.25, 0.3) is 0 Å². The number of aliphatic hydroxyl groups is 1. The smallest absolute Gasteiger partial charge is 0.0951 e. The van der Waals surface area contributed by atoms with Crippen molar-refractivity contribution in [2.45, 2.75) is 50.3 Å². The van der Waals surface area contributed by atoms with Gasteiger partial charge in [0.25, 0.3) is 0 Å². The molecule has 25 heavy (non-hydrogen) atoms. The fraction of sp³-hybridized carbons (Fsp3) is 0.455. The predicted molar refractivity (Wildman–Crippen MR) is 105 cm³/mol. The number of piperidine rings is 1. The molecule has 0 spiro atoms. The van der Waals surface area contributed by atoms with Crippen molar-refractivity contribution >= 4 is 12.4 Å². The standard InChI is InChI=1S/C22H27NO.ClH/c24-22(19-11-5-2-6-12-19)15-16-23(17-18-9-3-1-4-10-18)21-14-8-7-13-20(21)22;/h1-6,9-12,20-21,24H,7-8,13-17H2;1H. The summed E-state index contributed by atoms with van der Waals surface area (Å²) in [6.45, 7) is 1.98. The molecule has 2 aliphatic rings. The molecule has 0 amide bonds. The summed E-state index contributed by atoms with van der Waals surface area (Å²) in [6.07, 6.45) is 5.73. The molecule has 1 N–H and O–H groups in total. The number of benzene rings is 2. The van der Waals surface area contributed by atoms with Gasteiger partial charge in [-0.05, 0) is 30.4 Å². The number of hydrogen-bond donors (Lipinski definition) is 1. The van der Waals surface area contributed by atoms with Gasteiger partial charge < -0.3 is 5.11 Å². The Hall–Kier alpha value is -1.35. The largest absolute Gasteiger partial charge is 0.385 e. The summed E-state index contributed by atoms with van der Waals surface area (Å²) in [4.78, 5) is 2.62. The number of fused-ring (bicyclic) bond motifs is 1. The van der Waals surface area contributed by atoms with E-state index in [0.29, 0.717) is 12.0 Å². The topological polar surface area (TPSA) is 23.5 Å². The molecule has 134 valence electrons. The summed E-state index contributed by atoms with van der Waals surface area (Å²) < 4.78 is 0. The van der Waals surface area contributed by atoms with Crippen LogP contribution in [0.1, 0.15) is 43.2 Å². The van der Waals surface area contributed by atoms with Crippen molar-refractivity contribution in [1.82, 2.24) is 4.90 Å². The van der Waals surface area contributed by atoms with Crippen molar-refractivity contribution in [3.8, 4) is 0 Å². The first-order chi connectivity index (χ1) is 11.8. The first-order valence-electron chi connectivity index (χ1n) is 9.33. The predicted octanol–water partition coefficient (Wildman–Crippen LogP) is 4.76. The zero-order valence-electron chi connectivity index (χ0n) is 14.7. The van der Waals surface area contributed by atoms with Crippen molar-refractivity contribution in [2.24, 2.45) is 5.92 Å².